The number of nitrogens with zero attached hydrogens (tertiary/aromatic N) is 15. The lowest BCUT2D eigenvalue weighted by Crippen LogP contribution is -2.49. The first kappa shape index (κ1) is 87.7. The number of sulfonamides is 1. The number of anilines is 6. The quantitative estimate of drug-likeness (QED) is 0.0656. The average molecular weight is 1680 g/mol. The molecule has 0 bridgehead atoms. The first-order valence-electron chi connectivity index (χ1n) is 42.7. The zero-order valence-corrected chi connectivity index (χ0v) is 72.6. The second kappa shape index (κ2) is 41.9. The molecule has 2 amide bonds. The molecule has 0 unspecified atom stereocenters. The Hall–Kier alpha value is -12.1. The molecule has 122 heavy (non-hydrogen) atoms. The van der Waals surface area contributed by atoms with Crippen LogP contribution in [-0.4, -0.2) is 221 Å². The van der Waals surface area contributed by atoms with Crippen molar-refractivity contribution in [1.29, 1.82) is 0 Å². The van der Waals surface area contributed by atoms with Crippen LogP contribution in [0.25, 0.3) is 32.7 Å². The number of phenolic OH excluding ortho intramolecular Hbond substituents is 1. The van der Waals surface area contributed by atoms with Crippen molar-refractivity contribution < 1.29 is 51.6 Å². The SMILES string of the molecule is CC(C)C(=O)c1ccccc1.CC(C)S(=O)(=O)N(C)C.COc1cc2c(N3CCCCC3)nc(N3CCCC3)nc2cc1OCc1ccccc1.COc1cc2c(N3CCN(C(=O)c4ccccc4)CC3)nc(N3CCCC3)nc2cc1O.COc1cc2c(N3CCN(C(=O)c4ccccc4)CC3)nc(N3CCCC3)nc2cc1OCc1ccccc1. The largest absolute Gasteiger partial charge is 0.504 e. The number of Topliss-reactive ketones (excluding diaryl/α,β-unsaturated/α-hetero) is 1. The minimum atomic E-state index is -2.98. The fourth-order valence-electron chi connectivity index (χ4n) is 15.6. The number of ketones is 1. The molecule has 1 N–H and O–H groups in total. The molecule has 9 heterocycles. The molecule has 0 radical (unpaired) electrons. The second-order valence-electron chi connectivity index (χ2n) is 31.9. The number of carbonyl (C=O) groups excluding carboxylic acids is 3. The Labute approximate surface area is 717 Å². The molecule has 6 saturated heterocycles. The average Bonchev–Trinajstić information content (AvgIpc) is 1.10. The van der Waals surface area contributed by atoms with Gasteiger partial charge < -0.3 is 68.0 Å². The summed E-state index contributed by atoms with van der Waals surface area (Å²) < 4.78 is 52.3. The highest BCUT2D eigenvalue weighted by Crippen LogP contribution is 2.42. The molecule has 0 saturated carbocycles. The van der Waals surface area contributed by atoms with Crippen molar-refractivity contribution in [2.45, 2.75) is 104 Å². The third kappa shape index (κ3) is 22.0. The molecule has 27 heteroatoms. The molecule has 0 atom stereocenters. The van der Waals surface area contributed by atoms with Crippen LogP contribution in [0.1, 0.15) is 128 Å². The highest BCUT2D eigenvalue weighted by Gasteiger charge is 2.31. The number of benzene rings is 8. The van der Waals surface area contributed by atoms with Crippen molar-refractivity contribution in [3.63, 3.8) is 0 Å². The first-order valence-corrected chi connectivity index (χ1v) is 44.2. The number of piperidine rings is 1. The zero-order chi connectivity index (χ0) is 85.7. The van der Waals surface area contributed by atoms with E-state index in [2.05, 4.69) is 41.5 Å². The van der Waals surface area contributed by atoms with E-state index in [9.17, 15) is 27.9 Å². The lowest BCUT2D eigenvalue weighted by atomic mass is 10.0. The van der Waals surface area contributed by atoms with E-state index in [4.69, 9.17) is 53.6 Å². The number of hydrogen-bond donors (Lipinski definition) is 1. The van der Waals surface area contributed by atoms with Gasteiger partial charge in [-0.25, -0.2) is 27.7 Å². The molecule has 26 nitrogen and oxygen atoms in total. The van der Waals surface area contributed by atoms with Gasteiger partial charge in [-0.15, -0.1) is 0 Å². The Balaban J connectivity index is 0.000000142. The topological polar surface area (TPSA) is 258 Å². The van der Waals surface area contributed by atoms with Gasteiger partial charge in [0.2, 0.25) is 27.9 Å². The maximum atomic E-state index is 13.0. The molecular formula is C95H115N15O11S. The molecule has 11 aromatic rings. The number of aromatic nitrogens is 6. The van der Waals surface area contributed by atoms with Gasteiger partial charge >= 0.3 is 0 Å². The second-order valence-corrected chi connectivity index (χ2v) is 34.6. The maximum absolute atomic E-state index is 13.0. The van der Waals surface area contributed by atoms with Gasteiger partial charge in [0.25, 0.3) is 11.8 Å². The fourth-order valence-corrected chi connectivity index (χ4v) is 16.5. The highest BCUT2D eigenvalue weighted by molar-refractivity contribution is 7.89. The maximum Gasteiger partial charge on any atom is 0.253 e. The number of phenols is 1. The van der Waals surface area contributed by atoms with Gasteiger partial charge in [-0.05, 0) is 125 Å². The number of carbonyl (C=O) groups is 3. The molecule has 0 aliphatic carbocycles. The summed E-state index contributed by atoms with van der Waals surface area (Å²) in [7, 11) is 4.98. The van der Waals surface area contributed by atoms with E-state index in [1.54, 1.807) is 40.2 Å². The van der Waals surface area contributed by atoms with Crippen LogP contribution in [0.3, 0.4) is 0 Å². The Morgan fingerprint density at radius 2 is 0.672 bits per heavy atom. The van der Waals surface area contributed by atoms with Crippen LogP contribution in [0.15, 0.2) is 188 Å². The molecule has 17 rings (SSSR count). The van der Waals surface area contributed by atoms with Crippen LogP contribution in [-0.2, 0) is 23.2 Å². The number of aromatic hydroxyl groups is 1. The predicted octanol–water partition coefficient (Wildman–Crippen LogP) is 15.3. The van der Waals surface area contributed by atoms with E-state index in [1.807, 2.05) is 187 Å². The number of hydrogen-bond acceptors (Lipinski definition) is 23. The minimum Gasteiger partial charge on any atom is -0.504 e. The normalized spacial score (nSPS) is 15.4. The van der Waals surface area contributed by atoms with Gasteiger partial charge in [0, 0.05) is 176 Å². The van der Waals surface area contributed by atoms with E-state index in [-0.39, 0.29) is 34.5 Å². The van der Waals surface area contributed by atoms with Gasteiger partial charge in [0.15, 0.2) is 40.3 Å². The van der Waals surface area contributed by atoms with E-state index < -0.39 is 10.0 Å². The van der Waals surface area contributed by atoms with Crippen LogP contribution in [0.4, 0.5) is 35.3 Å². The van der Waals surface area contributed by atoms with E-state index in [0.29, 0.717) is 99.8 Å². The van der Waals surface area contributed by atoms with E-state index >= 15 is 0 Å². The number of ether oxygens (including phenoxy) is 5. The first-order chi connectivity index (χ1) is 59.2. The molecular weight excluding hydrogens is 1560 g/mol. The Morgan fingerprint density at radius 1 is 0.369 bits per heavy atom. The summed E-state index contributed by atoms with van der Waals surface area (Å²) in [6.45, 7) is 21.2. The van der Waals surface area contributed by atoms with Crippen LogP contribution in [0.2, 0.25) is 0 Å². The van der Waals surface area contributed by atoms with Gasteiger partial charge in [-0.1, -0.05) is 141 Å². The third-order valence-electron chi connectivity index (χ3n) is 22.6. The highest BCUT2D eigenvalue weighted by atomic mass is 32.2. The lowest BCUT2D eigenvalue weighted by Gasteiger charge is -2.36. The van der Waals surface area contributed by atoms with Crippen molar-refractivity contribution in [2.75, 3.05) is 170 Å². The minimum absolute atomic E-state index is 0.0575. The van der Waals surface area contributed by atoms with Crippen molar-refractivity contribution in [2.24, 2.45) is 5.92 Å². The lowest BCUT2D eigenvalue weighted by molar-refractivity contribution is 0.0739. The van der Waals surface area contributed by atoms with Crippen LogP contribution in [0.5, 0.6) is 34.5 Å². The molecule has 6 aliphatic heterocycles. The number of methoxy groups -OCH3 is 3. The predicted molar refractivity (Wildman–Crippen MR) is 484 cm³/mol. The van der Waals surface area contributed by atoms with Gasteiger partial charge in [0.05, 0.1) is 43.1 Å². The van der Waals surface area contributed by atoms with Gasteiger partial charge in [-0.3, -0.25) is 14.4 Å². The summed E-state index contributed by atoms with van der Waals surface area (Å²) in [5.41, 5.74) is 6.89. The molecule has 642 valence electrons. The summed E-state index contributed by atoms with van der Waals surface area (Å²) in [6, 6.07) is 60.0. The van der Waals surface area contributed by atoms with E-state index in [0.717, 1.165) is 168 Å². The fraction of sp³-hybridized carbons (Fsp3) is 0.400. The summed E-state index contributed by atoms with van der Waals surface area (Å²) in [4.78, 5) is 84.4. The van der Waals surface area contributed by atoms with Crippen molar-refractivity contribution >= 4 is 95.6 Å². The van der Waals surface area contributed by atoms with Crippen LogP contribution >= 0.6 is 0 Å². The number of piperazine rings is 2. The van der Waals surface area contributed by atoms with Crippen molar-refractivity contribution in [3.05, 3.63) is 216 Å². The Kier molecular flexibility index (Phi) is 30.1. The molecule has 6 aliphatic rings. The number of rotatable bonds is 21. The van der Waals surface area contributed by atoms with Crippen molar-refractivity contribution in [1.82, 2.24) is 44.0 Å². The standard InChI is InChI=1S/C31H33N5O3.C25H30N4O2.C24H27N5O3.C10H12O.C5H13NO2S/c1-38-27-20-25-26(21-28(27)39-22-23-10-4-2-5-11-23)32-31(36-14-8-9-15-36)33-29(25)34-16-18-35(19-17-34)30(37)24-12-6-3-7-13-24;1-30-22-16-20-21(17-23(22)31-18-19-10-4-2-5-11-19)26-25(29-14-8-9-15-29)27-24(20)28-12-6-3-7-13-28;1-32-21-15-18-19(16-20(21)30)25-24(29-9-5-6-10-29)26-22(18)27-11-13-28(14-12-27)23(31)17-7-3-2-4-8-17;1-8(2)10(11)9-6-4-3-5-7-9;1-5(2)9(7,8)6(3)4/h2-7,10-13,20-21H,8-9,14-19,22H2,1H3;2,4-5,10-11,16-17H,3,6-9,12-15,18H2,1H3;2-4,7-8,15-16,30H,5-6,9-14H2,1H3;3-8H,1-2H3;5H,1-4H3. The number of fused-ring (bicyclic) bond motifs is 3. The smallest absolute Gasteiger partial charge is 0.253 e. The number of amides is 2. The molecule has 0 spiro atoms. The summed E-state index contributed by atoms with van der Waals surface area (Å²) in [5, 5.41) is 12.8. The Morgan fingerprint density at radius 3 is 0.992 bits per heavy atom. The summed E-state index contributed by atoms with van der Waals surface area (Å²) in [5.74, 6) is 8.65. The summed E-state index contributed by atoms with van der Waals surface area (Å²) >= 11 is 0. The van der Waals surface area contributed by atoms with Crippen molar-refractivity contribution in [3.8, 4) is 34.5 Å². The van der Waals surface area contributed by atoms with E-state index in [1.165, 1.54) is 57.6 Å². The van der Waals surface area contributed by atoms with Crippen LogP contribution < -0.4 is 53.1 Å². The molecule has 6 fully saturated rings. The monoisotopic (exact) mass is 1670 g/mol. The van der Waals surface area contributed by atoms with Gasteiger partial charge in [0.1, 0.15) is 30.7 Å². The third-order valence-corrected chi connectivity index (χ3v) is 24.8. The van der Waals surface area contributed by atoms with Gasteiger partial charge in [-0.2, -0.15) is 15.0 Å². The molecule has 8 aromatic carbocycles. The zero-order valence-electron chi connectivity index (χ0n) is 71.8. The summed E-state index contributed by atoms with van der Waals surface area (Å²) in [6.07, 6.45) is 10.7. The molecule has 3 aromatic heterocycles. The Bertz CT molecular complexity index is 5380. The van der Waals surface area contributed by atoms with Crippen LogP contribution in [0, 0.1) is 5.92 Å².